The van der Waals surface area contributed by atoms with E-state index in [9.17, 15) is 9.59 Å². The van der Waals surface area contributed by atoms with Crippen LogP contribution >= 0.6 is 11.6 Å². The zero-order valence-corrected chi connectivity index (χ0v) is 17.4. The van der Waals surface area contributed by atoms with Gasteiger partial charge in [-0.05, 0) is 42.8 Å². The molecule has 0 unspecified atom stereocenters. The monoisotopic (exact) mass is 434 g/mol. The Morgan fingerprint density at radius 2 is 2.10 bits per heavy atom. The number of anilines is 1. The van der Waals surface area contributed by atoms with Gasteiger partial charge in [-0.2, -0.15) is 5.10 Å². The Kier molecular flexibility index (Phi) is 4.71. The van der Waals surface area contributed by atoms with Crippen molar-refractivity contribution in [2.45, 2.75) is 25.9 Å². The number of rotatable bonds is 4. The van der Waals surface area contributed by atoms with E-state index in [1.165, 1.54) is 0 Å². The number of fused-ring (bicyclic) bond motifs is 2. The topological polar surface area (TPSA) is 107 Å². The fraction of sp³-hybridized carbons (Fsp3) is 0.182. The molecule has 9 heteroatoms. The van der Waals surface area contributed by atoms with Crippen molar-refractivity contribution in [3.8, 4) is 0 Å². The number of nitrogens with one attached hydrogen (secondary N) is 3. The Labute approximate surface area is 182 Å². The lowest BCUT2D eigenvalue weighted by molar-refractivity contribution is -0.121. The molecule has 0 saturated carbocycles. The summed E-state index contributed by atoms with van der Waals surface area (Å²) in [6.07, 6.45) is 0.413. The minimum atomic E-state index is -0.697. The SMILES string of the molecule is Cc1nc(CN2C(=O)[C@@H](NC(=O)c3cc4cc(Cl)ccc4[nH]3)Cc3ccccc32)n[nH]1. The number of halogens is 1. The van der Waals surface area contributed by atoms with E-state index in [0.717, 1.165) is 22.2 Å². The van der Waals surface area contributed by atoms with E-state index < -0.39 is 6.04 Å². The fourth-order valence-corrected chi connectivity index (χ4v) is 4.08. The summed E-state index contributed by atoms with van der Waals surface area (Å²) in [4.78, 5) is 35.2. The standard InChI is InChI=1S/C22H19ClN6O2/c1-12-24-20(28-27-12)11-29-19-5-3-2-4-13(19)9-18(22(29)31)26-21(30)17-10-14-8-15(23)6-7-16(14)25-17/h2-8,10,18,25H,9,11H2,1H3,(H,26,30)(H,24,27,28)/t18-/m0/s1. The van der Waals surface area contributed by atoms with Crippen LogP contribution in [0.15, 0.2) is 48.5 Å². The molecule has 0 bridgehead atoms. The van der Waals surface area contributed by atoms with E-state index in [-0.39, 0.29) is 18.4 Å². The van der Waals surface area contributed by atoms with Crippen molar-refractivity contribution in [3.63, 3.8) is 0 Å². The predicted molar refractivity (Wildman–Crippen MR) is 117 cm³/mol. The number of H-pyrrole nitrogens is 2. The highest BCUT2D eigenvalue weighted by Gasteiger charge is 2.34. The molecule has 0 saturated heterocycles. The van der Waals surface area contributed by atoms with Crippen LogP contribution in [0.4, 0.5) is 5.69 Å². The van der Waals surface area contributed by atoms with Crippen LogP contribution in [-0.4, -0.2) is 38.0 Å². The normalized spacial score (nSPS) is 15.9. The maximum atomic E-state index is 13.3. The summed E-state index contributed by atoms with van der Waals surface area (Å²) in [5.74, 6) is 0.643. The molecule has 1 aliphatic rings. The average Bonchev–Trinajstić information content (AvgIpc) is 3.36. The summed E-state index contributed by atoms with van der Waals surface area (Å²) in [5, 5.41) is 11.3. The predicted octanol–water partition coefficient (Wildman–Crippen LogP) is 3.14. The first kappa shape index (κ1) is 19.3. The highest BCUT2D eigenvalue weighted by Crippen LogP contribution is 2.29. The Hall–Kier alpha value is -3.65. The zero-order valence-electron chi connectivity index (χ0n) is 16.6. The van der Waals surface area contributed by atoms with Gasteiger partial charge in [-0.3, -0.25) is 14.7 Å². The number of para-hydroxylation sites is 1. The van der Waals surface area contributed by atoms with Gasteiger partial charge in [0.25, 0.3) is 5.91 Å². The molecule has 4 aromatic rings. The van der Waals surface area contributed by atoms with E-state index in [1.54, 1.807) is 30.0 Å². The van der Waals surface area contributed by atoms with E-state index >= 15 is 0 Å². The number of carbonyl (C=O) groups excluding carboxylic acids is 2. The maximum Gasteiger partial charge on any atom is 0.268 e. The van der Waals surface area contributed by atoms with Crippen LogP contribution in [0.25, 0.3) is 10.9 Å². The number of hydrogen-bond acceptors (Lipinski definition) is 4. The second kappa shape index (κ2) is 7.55. The third kappa shape index (κ3) is 3.66. The van der Waals surface area contributed by atoms with Gasteiger partial charge in [0, 0.05) is 28.0 Å². The van der Waals surface area contributed by atoms with Gasteiger partial charge in [0.2, 0.25) is 5.91 Å². The fourth-order valence-electron chi connectivity index (χ4n) is 3.90. The quantitative estimate of drug-likeness (QED) is 0.458. The van der Waals surface area contributed by atoms with Crippen molar-refractivity contribution in [1.82, 2.24) is 25.5 Å². The highest BCUT2D eigenvalue weighted by atomic mass is 35.5. The van der Waals surface area contributed by atoms with E-state index in [2.05, 4.69) is 25.5 Å². The van der Waals surface area contributed by atoms with Crippen LogP contribution in [0, 0.1) is 6.92 Å². The molecule has 1 aliphatic heterocycles. The summed E-state index contributed by atoms with van der Waals surface area (Å²) in [7, 11) is 0. The molecule has 0 aliphatic carbocycles. The molecule has 2 aromatic heterocycles. The summed E-state index contributed by atoms with van der Waals surface area (Å²) in [6.45, 7) is 2.02. The van der Waals surface area contributed by atoms with Gasteiger partial charge in [0.15, 0.2) is 5.82 Å². The molecule has 3 N–H and O–H groups in total. The molecule has 5 rings (SSSR count). The van der Waals surface area contributed by atoms with Crippen molar-refractivity contribution >= 4 is 40.0 Å². The van der Waals surface area contributed by atoms with E-state index in [1.807, 2.05) is 30.3 Å². The molecule has 3 heterocycles. The third-order valence-corrected chi connectivity index (χ3v) is 5.58. The minimum Gasteiger partial charge on any atom is -0.351 e. The number of hydrogen-bond donors (Lipinski definition) is 3. The lowest BCUT2D eigenvalue weighted by atomic mass is 9.97. The maximum absolute atomic E-state index is 13.3. The van der Waals surface area contributed by atoms with Crippen LogP contribution in [0.3, 0.4) is 0 Å². The number of amides is 2. The van der Waals surface area contributed by atoms with Gasteiger partial charge in [-0.15, -0.1) is 0 Å². The lowest BCUT2D eigenvalue weighted by Gasteiger charge is -2.33. The van der Waals surface area contributed by atoms with E-state index in [4.69, 9.17) is 11.6 Å². The molecule has 31 heavy (non-hydrogen) atoms. The Morgan fingerprint density at radius 3 is 2.90 bits per heavy atom. The first-order valence-electron chi connectivity index (χ1n) is 9.84. The van der Waals surface area contributed by atoms with Crippen LogP contribution in [0.5, 0.6) is 0 Å². The van der Waals surface area contributed by atoms with Gasteiger partial charge >= 0.3 is 0 Å². The first-order valence-corrected chi connectivity index (χ1v) is 10.2. The average molecular weight is 435 g/mol. The van der Waals surface area contributed by atoms with Crippen LogP contribution in [-0.2, 0) is 17.8 Å². The molecule has 0 spiro atoms. The minimum absolute atomic E-state index is 0.200. The summed E-state index contributed by atoms with van der Waals surface area (Å²) < 4.78 is 0. The third-order valence-electron chi connectivity index (χ3n) is 5.35. The largest absolute Gasteiger partial charge is 0.351 e. The number of aromatic nitrogens is 4. The van der Waals surface area contributed by atoms with Crippen molar-refractivity contribution in [2.24, 2.45) is 0 Å². The second-order valence-electron chi connectivity index (χ2n) is 7.53. The zero-order chi connectivity index (χ0) is 21.5. The Balaban J connectivity index is 1.42. The van der Waals surface area contributed by atoms with Crippen molar-refractivity contribution in [1.29, 1.82) is 0 Å². The number of nitrogens with zero attached hydrogens (tertiary/aromatic N) is 3. The molecule has 8 nitrogen and oxygen atoms in total. The molecule has 1 atom stereocenters. The van der Waals surface area contributed by atoms with Crippen molar-refractivity contribution in [2.75, 3.05) is 4.90 Å². The van der Waals surface area contributed by atoms with E-state index in [0.29, 0.717) is 28.8 Å². The van der Waals surface area contributed by atoms with Crippen molar-refractivity contribution < 1.29 is 9.59 Å². The van der Waals surface area contributed by atoms with Crippen LogP contribution < -0.4 is 10.2 Å². The van der Waals surface area contributed by atoms with Gasteiger partial charge in [-0.25, -0.2) is 4.98 Å². The van der Waals surface area contributed by atoms with Crippen molar-refractivity contribution in [3.05, 3.63) is 76.5 Å². The van der Waals surface area contributed by atoms with Gasteiger partial charge in [-0.1, -0.05) is 29.8 Å². The molecule has 0 fully saturated rings. The summed E-state index contributed by atoms with van der Waals surface area (Å²) >= 11 is 6.04. The summed E-state index contributed by atoms with van der Waals surface area (Å²) in [5.41, 5.74) is 2.96. The number of aryl methyl sites for hydroxylation is 1. The Morgan fingerprint density at radius 1 is 1.26 bits per heavy atom. The lowest BCUT2D eigenvalue weighted by Crippen LogP contribution is -2.52. The van der Waals surface area contributed by atoms with Gasteiger partial charge < -0.3 is 15.2 Å². The second-order valence-corrected chi connectivity index (χ2v) is 7.97. The number of benzene rings is 2. The first-order chi connectivity index (χ1) is 15.0. The van der Waals surface area contributed by atoms with Crippen LogP contribution in [0.2, 0.25) is 5.02 Å². The molecule has 2 aromatic carbocycles. The highest BCUT2D eigenvalue weighted by molar-refractivity contribution is 6.31. The summed E-state index contributed by atoms with van der Waals surface area (Å²) in [6, 6.07) is 14.1. The molecule has 2 amide bonds. The smallest absolute Gasteiger partial charge is 0.268 e. The van der Waals surface area contributed by atoms with Gasteiger partial charge in [0.1, 0.15) is 17.6 Å². The Bertz CT molecular complexity index is 1310. The number of carbonyl (C=O) groups is 2. The molecule has 0 radical (unpaired) electrons. The number of aromatic amines is 2. The molecular formula is C22H19ClN6O2. The van der Waals surface area contributed by atoms with Gasteiger partial charge in [0.05, 0.1) is 6.54 Å². The van der Waals surface area contributed by atoms with Crippen LogP contribution in [0.1, 0.15) is 27.7 Å². The molecule has 156 valence electrons. The molecular weight excluding hydrogens is 416 g/mol.